The van der Waals surface area contributed by atoms with Gasteiger partial charge >= 0.3 is 5.97 Å². The number of hydrogen-bond donors (Lipinski definition) is 2. The van der Waals surface area contributed by atoms with Crippen LogP contribution in [0.5, 0.6) is 0 Å². The highest BCUT2D eigenvalue weighted by Gasteiger charge is 2.10. The summed E-state index contributed by atoms with van der Waals surface area (Å²) in [5.41, 5.74) is 7.96. The van der Waals surface area contributed by atoms with Crippen molar-refractivity contribution in [1.82, 2.24) is 0 Å². The maximum absolute atomic E-state index is 11.6. The van der Waals surface area contributed by atoms with E-state index in [2.05, 4.69) is 26.1 Å². The van der Waals surface area contributed by atoms with E-state index in [0.29, 0.717) is 23.9 Å². The number of carbonyl (C=O) groups is 1. The van der Waals surface area contributed by atoms with E-state index in [4.69, 9.17) is 10.5 Å². The zero-order chi connectivity index (χ0) is 15.8. The van der Waals surface area contributed by atoms with E-state index < -0.39 is 0 Å². The second kappa shape index (κ2) is 8.55. The van der Waals surface area contributed by atoms with Crippen LogP contribution >= 0.6 is 0 Å². The number of hydrogen-bond acceptors (Lipinski definition) is 4. The number of nitrogen functional groups attached to an aromatic ring is 1. The fraction of sp³-hybridized carbons (Fsp3) is 0.588. The van der Waals surface area contributed by atoms with Gasteiger partial charge in [-0.25, -0.2) is 4.79 Å². The molecule has 4 heteroatoms. The first-order valence-electron chi connectivity index (χ1n) is 7.77. The molecule has 0 amide bonds. The number of nitrogens with two attached hydrogens (primary N) is 1. The van der Waals surface area contributed by atoms with Crippen LogP contribution in [0.15, 0.2) is 18.2 Å². The lowest BCUT2D eigenvalue weighted by molar-refractivity contribution is 0.0526. The normalized spacial score (nSPS) is 12.2. The van der Waals surface area contributed by atoms with Crippen LogP contribution in [0.2, 0.25) is 0 Å². The molecule has 1 aromatic carbocycles. The molecule has 1 aromatic rings. The van der Waals surface area contributed by atoms with Gasteiger partial charge in [0, 0.05) is 6.04 Å². The summed E-state index contributed by atoms with van der Waals surface area (Å²) >= 11 is 0. The molecule has 0 spiro atoms. The molecule has 0 bridgehead atoms. The number of ether oxygens (including phenoxy) is 1. The summed E-state index contributed by atoms with van der Waals surface area (Å²) in [5.74, 6) is 0.409. The van der Waals surface area contributed by atoms with Gasteiger partial charge in [0.05, 0.1) is 23.5 Å². The molecule has 0 aliphatic rings. The number of rotatable bonds is 8. The Balaban J connectivity index is 2.58. The second-order valence-electron chi connectivity index (χ2n) is 5.89. The van der Waals surface area contributed by atoms with Crippen molar-refractivity contribution in [3.05, 3.63) is 23.8 Å². The number of anilines is 2. The van der Waals surface area contributed by atoms with Gasteiger partial charge in [0.25, 0.3) is 0 Å². The Hall–Kier alpha value is -1.71. The Morgan fingerprint density at radius 1 is 1.29 bits per heavy atom. The van der Waals surface area contributed by atoms with Crippen LogP contribution in [0.3, 0.4) is 0 Å². The summed E-state index contributed by atoms with van der Waals surface area (Å²) in [7, 11) is 0. The van der Waals surface area contributed by atoms with Crippen molar-refractivity contribution in [2.24, 2.45) is 5.92 Å². The average Bonchev–Trinajstić information content (AvgIpc) is 2.41. The van der Waals surface area contributed by atoms with Gasteiger partial charge in [-0.05, 0) is 44.4 Å². The van der Waals surface area contributed by atoms with Crippen LogP contribution in [-0.4, -0.2) is 18.6 Å². The summed E-state index contributed by atoms with van der Waals surface area (Å²) in [6, 6.07) is 5.62. The highest BCUT2D eigenvalue weighted by molar-refractivity contribution is 5.91. The van der Waals surface area contributed by atoms with E-state index in [1.165, 1.54) is 12.8 Å². The highest BCUT2D eigenvalue weighted by Crippen LogP contribution is 2.22. The molecule has 0 aliphatic heterocycles. The van der Waals surface area contributed by atoms with Crippen LogP contribution in [0.25, 0.3) is 0 Å². The molecule has 0 saturated carbocycles. The minimum absolute atomic E-state index is 0.333. The molecule has 0 aromatic heterocycles. The van der Waals surface area contributed by atoms with Crippen LogP contribution in [0.4, 0.5) is 11.4 Å². The molecule has 4 nitrogen and oxygen atoms in total. The number of benzene rings is 1. The van der Waals surface area contributed by atoms with E-state index in [-0.39, 0.29) is 5.97 Å². The lowest BCUT2D eigenvalue weighted by Gasteiger charge is -2.17. The first kappa shape index (κ1) is 17.3. The predicted molar refractivity (Wildman–Crippen MR) is 88.6 cm³/mol. The van der Waals surface area contributed by atoms with E-state index in [0.717, 1.165) is 18.0 Å². The van der Waals surface area contributed by atoms with Crippen LogP contribution in [0, 0.1) is 5.92 Å². The quantitative estimate of drug-likeness (QED) is 0.560. The topological polar surface area (TPSA) is 64.3 Å². The third kappa shape index (κ3) is 6.06. The van der Waals surface area contributed by atoms with Crippen molar-refractivity contribution >= 4 is 17.3 Å². The maximum Gasteiger partial charge on any atom is 0.338 e. The van der Waals surface area contributed by atoms with Gasteiger partial charge in [-0.1, -0.05) is 26.7 Å². The van der Waals surface area contributed by atoms with Crippen molar-refractivity contribution in [1.29, 1.82) is 0 Å². The molecule has 1 rings (SSSR count). The van der Waals surface area contributed by atoms with Crippen molar-refractivity contribution in [2.75, 3.05) is 17.7 Å². The fourth-order valence-electron chi connectivity index (χ4n) is 2.21. The Morgan fingerprint density at radius 2 is 2.00 bits per heavy atom. The Morgan fingerprint density at radius 3 is 2.57 bits per heavy atom. The smallest absolute Gasteiger partial charge is 0.338 e. The minimum atomic E-state index is -0.333. The SMILES string of the molecule is CCOC(=O)c1ccc(NC(C)CCCC(C)C)c(N)c1. The van der Waals surface area contributed by atoms with E-state index >= 15 is 0 Å². The Bertz CT molecular complexity index is 458. The molecule has 0 radical (unpaired) electrons. The predicted octanol–water partition coefficient (Wildman–Crippen LogP) is 4.07. The van der Waals surface area contributed by atoms with Gasteiger partial charge in [-0.3, -0.25) is 0 Å². The van der Waals surface area contributed by atoms with E-state index in [9.17, 15) is 4.79 Å². The second-order valence-corrected chi connectivity index (χ2v) is 5.89. The zero-order valence-corrected chi connectivity index (χ0v) is 13.6. The van der Waals surface area contributed by atoms with Gasteiger partial charge in [-0.2, -0.15) is 0 Å². The van der Waals surface area contributed by atoms with Crippen molar-refractivity contribution in [3.63, 3.8) is 0 Å². The molecule has 0 heterocycles. The van der Waals surface area contributed by atoms with Crippen LogP contribution < -0.4 is 11.1 Å². The molecule has 3 N–H and O–H groups in total. The molecular formula is C17H28N2O2. The third-order valence-corrected chi connectivity index (χ3v) is 3.38. The first-order valence-corrected chi connectivity index (χ1v) is 7.77. The molecule has 0 saturated heterocycles. The largest absolute Gasteiger partial charge is 0.462 e. The Labute approximate surface area is 128 Å². The van der Waals surface area contributed by atoms with Crippen LogP contribution in [0.1, 0.15) is 57.3 Å². The first-order chi connectivity index (χ1) is 9.93. The molecule has 1 atom stereocenters. The number of carbonyl (C=O) groups excluding carboxylic acids is 1. The summed E-state index contributed by atoms with van der Waals surface area (Å²) in [4.78, 5) is 11.6. The maximum atomic E-state index is 11.6. The van der Waals surface area contributed by atoms with Crippen molar-refractivity contribution < 1.29 is 9.53 Å². The fourth-order valence-corrected chi connectivity index (χ4v) is 2.21. The van der Waals surface area contributed by atoms with Crippen molar-refractivity contribution in [2.45, 2.75) is 53.0 Å². The number of nitrogens with one attached hydrogen (secondary N) is 1. The number of esters is 1. The van der Waals surface area contributed by atoms with Crippen molar-refractivity contribution in [3.8, 4) is 0 Å². The van der Waals surface area contributed by atoms with E-state index in [1.807, 2.05) is 6.07 Å². The van der Waals surface area contributed by atoms with Crippen LogP contribution in [-0.2, 0) is 4.74 Å². The van der Waals surface area contributed by atoms with Gasteiger partial charge < -0.3 is 15.8 Å². The summed E-state index contributed by atoms with van der Waals surface area (Å²) in [6.45, 7) is 8.79. The lowest BCUT2D eigenvalue weighted by Crippen LogP contribution is -2.16. The lowest BCUT2D eigenvalue weighted by atomic mass is 10.0. The minimum Gasteiger partial charge on any atom is -0.462 e. The third-order valence-electron chi connectivity index (χ3n) is 3.38. The summed E-state index contributed by atoms with van der Waals surface area (Å²) in [6.07, 6.45) is 3.55. The van der Waals surface area contributed by atoms with Gasteiger partial charge in [0.15, 0.2) is 0 Å². The zero-order valence-electron chi connectivity index (χ0n) is 13.6. The monoisotopic (exact) mass is 292 g/mol. The Kier molecular flexibility index (Phi) is 7.06. The standard InChI is InChI=1S/C17H28N2O2/c1-5-21-17(20)14-9-10-16(15(18)11-14)19-13(4)8-6-7-12(2)3/h9-13,19H,5-8,18H2,1-4H3. The highest BCUT2D eigenvalue weighted by atomic mass is 16.5. The molecule has 118 valence electrons. The molecule has 0 aliphatic carbocycles. The van der Waals surface area contributed by atoms with Gasteiger partial charge in [0.2, 0.25) is 0 Å². The molecule has 21 heavy (non-hydrogen) atoms. The summed E-state index contributed by atoms with van der Waals surface area (Å²) in [5, 5.41) is 3.40. The van der Waals surface area contributed by atoms with Gasteiger partial charge in [0.1, 0.15) is 0 Å². The molecule has 1 unspecified atom stereocenters. The molecular weight excluding hydrogens is 264 g/mol. The molecule has 0 fully saturated rings. The van der Waals surface area contributed by atoms with Gasteiger partial charge in [-0.15, -0.1) is 0 Å². The van der Waals surface area contributed by atoms with E-state index in [1.54, 1.807) is 19.1 Å². The summed E-state index contributed by atoms with van der Waals surface area (Å²) < 4.78 is 4.96. The average molecular weight is 292 g/mol.